The van der Waals surface area contributed by atoms with E-state index in [0.29, 0.717) is 26.2 Å². The van der Waals surface area contributed by atoms with Crippen molar-refractivity contribution in [2.24, 2.45) is 10.8 Å². The Balaban J connectivity index is 2.49. The van der Waals surface area contributed by atoms with Crippen molar-refractivity contribution in [3.05, 3.63) is 12.2 Å². The summed E-state index contributed by atoms with van der Waals surface area (Å²) in [5.41, 5.74) is -0.940. The van der Waals surface area contributed by atoms with Crippen molar-refractivity contribution in [3.63, 3.8) is 0 Å². The molecule has 0 aliphatic carbocycles. The molecule has 0 spiro atoms. The fourth-order valence-electron chi connectivity index (χ4n) is 3.95. The van der Waals surface area contributed by atoms with E-state index in [1.807, 2.05) is 41.5 Å². The van der Waals surface area contributed by atoms with Crippen molar-refractivity contribution in [3.8, 4) is 0 Å². The Morgan fingerprint density at radius 1 is 0.805 bits per heavy atom. The van der Waals surface area contributed by atoms with Crippen LogP contribution in [-0.4, -0.2) is 85.8 Å². The Bertz CT molecular complexity index is 943. The number of rotatable bonds is 20. The number of nitrogens with one attached hydrogen (secondary N) is 4. The topological polar surface area (TPSA) is 163 Å². The zero-order valence-corrected chi connectivity index (χ0v) is 25.5. The number of carbonyl (C=O) groups excluding carboxylic acids is 6. The van der Waals surface area contributed by atoms with Gasteiger partial charge in [0.05, 0.1) is 13.2 Å². The maximum atomic E-state index is 12.9. The summed E-state index contributed by atoms with van der Waals surface area (Å²) in [5.74, 6) is -1.88. The largest absolute Gasteiger partial charge is 0.380 e. The van der Waals surface area contributed by atoms with E-state index in [1.54, 1.807) is 0 Å². The number of hydrogen-bond donors (Lipinski definition) is 4. The molecule has 0 bridgehead atoms. The maximum Gasteiger partial charge on any atom is 0.253 e. The average molecular weight is 580 g/mol. The lowest BCUT2D eigenvalue weighted by molar-refractivity contribution is -0.137. The van der Waals surface area contributed by atoms with Crippen LogP contribution in [0.15, 0.2) is 12.2 Å². The van der Waals surface area contributed by atoms with Crippen molar-refractivity contribution in [1.82, 2.24) is 26.2 Å². The van der Waals surface area contributed by atoms with Crippen LogP contribution in [0.2, 0.25) is 0 Å². The summed E-state index contributed by atoms with van der Waals surface area (Å²) in [4.78, 5) is 73.9. The van der Waals surface area contributed by atoms with Gasteiger partial charge in [0.25, 0.3) is 11.8 Å². The molecule has 0 saturated carbocycles. The molecule has 0 aromatic heterocycles. The minimum absolute atomic E-state index is 0.0130. The van der Waals surface area contributed by atoms with Gasteiger partial charge in [-0.2, -0.15) is 0 Å². The predicted molar refractivity (Wildman–Crippen MR) is 154 cm³/mol. The summed E-state index contributed by atoms with van der Waals surface area (Å²) in [7, 11) is 0. The van der Waals surface area contributed by atoms with Gasteiger partial charge in [-0.05, 0) is 24.7 Å². The molecule has 1 aliphatic heterocycles. The van der Waals surface area contributed by atoms with Crippen LogP contribution in [0.5, 0.6) is 0 Å². The summed E-state index contributed by atoms with van der Waals surface area (Å²) in [6.45, 7) is 13.5. The molecule has 1 aliphatic rings. The molecular weight excluding hydrogens is 530 g/mol. The quantitative estimate of drug-likeness (QED) is 0.157. The number of amides is 6. The van der Waals surface area contributed by atoms with Crippen LogP contribution < -0.4 is 21.3 Å². The van der Waals surface area contributed by atoms with Crippen molar-refractivity contribution < 1.29 is 33.5 Å². The third-order valence-corrected chi connectivity index (χ3v) is 6.29. The van der Waals surface area contributed by atoms with Crippen LogP contribution in [0.4, 0.5) is 0 Å². The van der Waals surface area contributed by atoms with Gasteiger partial charge in [-0.25, -0.2) is 0 Å². The van der Waals surface area contributed by atoms with Crippen LogP contribution in [-0.2, 0) is 33.5 Å². The Kier molecular flexibility index (Phi) is 15.3. The van der Waals surface area contributed by atoms with E-state index >= 15 is 0 Å². The third kappa shape index (κ3) is 14.8. The molecule has 0 unspecified atom stereocenters. The molecule has 4 N–H and O–H groups in total. The highest BCUT2D eigenvalue weighted by atomic mass is 16.5. The Labute approximate surface area is 243 Å². The summed E-state index contributed by atoms with van der Waals surface area (Å²) >= 11 is 0. The molecular formula is C29H49N5O7. The normalized spacial score (nSPS) is 14.1. The highest BCUT2D eigenvalue weighted by Crippen LogP contribution is 2.23. The van der Waals surface area contributed by atoms with Gasteiger partial charge in [0.1, 0.15) is 6.04 Å². The molecule has 0 aromatic carbocycles. The number of hydrogen-bond acceptors (Lipinski definition) is 7. The van der Waals surface area contributed by atoms with Gasteiger partial charge < -0.3 is 26.0 Å². The van der Waals surface area contributed by atoms with Crippen LogP contribution in [0.3, 0.4) is 0 Å². The summed E-state index contributed by atoms with van der Waals surface area (Å²) in [5, 5.41) is 11.2. The minimum Gasteiger partial charge on any atom is -0.380 e. The zero-order chi connectivity index (χ0) is 31.1. The molecule has 0 fully saturated rings. The van der Waals surface area contributed by atoms with Gasteiger partial charge in [0, 0.05) is 63.0 Å². The predicted octanol–water partition coefficient (Wildman–Crippen LogP) is 1.19. The molecule has 0 saturated heterocycles. The third-order valence-electron chi connectivity index (χ3n) is 6.29. The zero-order valence-electron chi connectivity index (χ0n) is 25.5. The van der Waals surface area contributed by atoms with Gasteiger partial charge in [0.15, 0.2) is 0 Å². The molecule has 232 valence electrons. The summed E-state index contributed by atoms with van der Waals surface area (Å²) in [6, 6.07) is -0.807. The molecule has 41 heavy (non-hydrogen) atoms. The van der Waals surface area contributed by atoms with Gasteiger partial charge in [-0.15, -0.1) is 0 Å². The van der Waals surface area contributed by atoms with Crippen LogP contribution in [0.25, 0.3) is 0 Å². The lowest BCUT2D eigenvalue weighted by Gasteiger charge is -2.29. The smallest absolute Gasteiger partial charge is 0.253 e. The SMILES string of the molecule is CCCNC(=O)CC[C@H](NC(=O)CC(C)(C)COCC(C)(C)CNC(=O)CCN1C(=O)C=CC1=O)C(=O)NCCC. The number of imide groups is 1. The lowest BCUT2D eigenvalue weighted by Crippen LogP contribution is -2.48. The van der Waals surface area contributed by atoms with E-state index in [1.165, 1.54) is 12.2 Å². The van der Waals surface area contributed by atoms with E-state index in [0.717, 1.165) is 17.7 Å². The fourth-order valence-corrected chi connectivity index (χ4v) is 3.95. The first-order valence-electron chi connectivity index (χ1n) is 14.4. The van der Waals surface area contributed by atoms with Crippen molar-refractivity contribution in [1.29, 1.82) is 0 Å². The van der Waals surface area contributed by atoms with E-state index in [2.05, 4.69) is 21.3 Å². The monoisotopic (exact) mass is 579 g/mol. The molecule has 0 aromatic rings. The number of nitrogens with zero attached hydrogens (tertiary/aromatic N) is 1. The van der Waals surface area contributed by atoms with E-state index in [9.17, 15) is 28.8 Å². The average Bonchev–Trinajstić information content (AvgIpc) is 3.21. The van der Waals surface area contributed by atoms with E-state index < -0.39 is 28.7 Å². The second kappa shape index (κ2) is 17.5. The Morgan fingerprint density at radius 2 is 1.37 bits per heavy atom. The Hall–Kier alpha value is -3.28. The molecule has 1 rings (SSSR count). The second-order valence-electron chi connectivity index (χ2n) is 12.0. The Morgan fingerprint density at radius 3 is 1.98 bits per heavy atom. The molecule has 12 nitrogen and oxygen atoms in total. The minimum atomic E-state index is -0.807. The molecule has 1 atom stereocenters. The molecule has 6 amide bonds. The van der Waals surface area contributed by atoms with Gasteiger partial charge in [-0.1, -0.05) is 41.5 Å². The van der Waals surface area contributed by atoms with Crippen molar-refractivity contribution in [2.75, 3.05) is 39.4 Å². The summed E-state index contributed by atoms with van der Waals surface area (Å²) in [6.07, 6.45) is 4.41. The van der Waals surface area contributed by atoms with Crippen molar-refractivity contribution in [2.45, 2.75) is 86.1 Å². The molecule has 12 heteroatoms. The second-order valence-corrected chi connectivity index (χ2v) is 12.0. The van der Waals surface area contributed by atoms with Gasteiger partial charge in [0.2, 0.25) is 23.6 Å². The maximum absolute atomic E-state index is 12.9. The van der Waals surface area contributed by atoms with E-state index in [4.69, 9.17) is 4.74 Å². The van der Waals surface area contributed by atoms with Gasteiger partial charge >= 0.3 is 0 Å². The lowest BCUT2D eigenvalue weighted by atomic mass is 9.89. The first kappa shape index (κ1) is 35.7. The van der Waals surface area contributed by atoms with Crippen molar-refractivity contribution >= 4 is 35.4 Å². The highest BCUT2D eigenvalue weighted by Gasteiger charge is 2.29. The summed E-state index contributed by atoms with van der Waals surface area (Å²) < 4.78 is 5.92. The number of ether oxygens (including phenoxy) is 1. The standard InChI is InChI=1S/C29H49N5O7/c1-7-14-30-22(35)10-9-21(27(40)31-15-8-2)33-24(37)17-28(3,4)19-41-20-29(5,6)18-32-23(36)13-16-34-25(38)11-12-26(34)39/h11-12,21H,7-10,13-20H2,1-6H3,(H,30,35)(H,31,40)(H,32,36)(H,33,37)/t21-/m0/s1. The molecule has 0 radical (unpaired) electrons. The highest BCUT2D eigenvalue weighted by molar-refractivity contribution is 6.13. The van der Waals surface area contributed by atoms with Gasteiger partial charge in [-0.3, -0.25) is 33.7 Å². The van der Waals surface area contributed by atoms with Crippen LogP contribution >= 0.6 is 0 Å². The van der Waals surface area contributed by atoms with E-state index in [-0.39, 0.29) is 62.5 Å². The number of carbonyl (C=O) groups is 6. The fraction of sp³-hybridized carbons (Fsp3) is 0.724. The van der Waals surface area contributed by atoms with Crippen LogP contribution in [0, 0.1) is 10.8 Å². The first-order valence-corrected chi connectivity index (χ1v) is 14.4. The van der Waals surface area contributed by atoms with Crippen LogP contribution in [0.1, 0.15) is 80.1 Å². The first-order chi connectivity index (χ1) is 19.2. The molecule has 1 heterocycles.